The summed E-state index contributed by atoms with van der Waals surface area (Å²) in [6.45, 7) is 6.87. The fraction of sp³-hybridized carbons (Fsp3) is 0.529. The Morgan fingerprint density at radius 1 is 1.17 bits per heavy atom. The molecule has 10 nitrogen and oxygen atoms in total. The van der Waals surface area contributed by atoms with E-state index in [1.165, 1.54) is 11.2 Å². The maximum Gasteiger partial charge on any atom is 0.272 e. The van der Waals surface area contributed by atoms with Crippen LogP contribution in [0.5, 0.6) is 0 Å². The number of carbonyl (C=O) groups excluding carboxylic acids is 2. The number of Topliss-reactive ketones (excluding diaryl/α,β-unsaturated/α-hetero) is 1. The van der Waals surface area contributed by atoms with Gasteiger partial charge >= 0.3 is 0 Å². The molecule has 1 fully saturated rings. The number of hydrogen-bond acceptors (Lipinski definition) is 8. The SMILES string of the molecule is CC(=O)Nc1nnc(S(=O)(=O)N2CCN(CC(=O)c3cc(C)n(C)c3C)CC2)s1. The summed E-state index contributed by atoms with van der Waals surface area (Å²) in [5, 5.41) is 9.97. The van der Waals surface area contributed by atoms with Crippen LogP contribution in [0, 0.1) is 13.8 Å². The van der Waals surface area contributed by atoms with Crippen LogP contribution in [0.4, 0.5) is 5.13 Å². The Morgan fingerprint density at radius 2 is 1.83 bits per heavy atom. The van der Waals surface area contributed by atoms with Crippen molar-refractivity contribution < 1.29 is 18.0 Å². The molecule has 0 saturated carbocycles. The summed E-state index contributed by atoms with van der Waals surface area (Å²) in [6.07, 6.45) is 0. The van der Waals surface area contributed by atoms with Crippen LogP contribution in [0.1, 0.15) is 28.7 Å². The summed E-state index contributed by atoms with van der Waals surface area (Å²) in [6, 6.07) is 1.89. The van der Waals surface area contributed by atoms with Gasteiger partial charge in [-0.25, -0.2) is 8.42 Å². The van der Waals surface area contributed by atoms with Gasteiger partial charge in [0.2, 0.25) is 15.4 Å². The molecule has 0 atom stereocenters. The van der Waals surface area contributed by atoms with Gasteiger partial charge in [0.1, 0.15) is 0 Å². The molecule has 29 heavy (non-hydrogen) atoms. The molecule has 1 saturated heterocycles. The first kappa shape index (κ1) is 21.6. The third-order valence-electron chi connectivity index (χ3n) is 5.02. The molecule has 1 amide bonds. The van der Waals surface area contributed by atoms with Crippen LogP contribution in [0.2, 0.25) is 0 Å². The van der Waals surface area contributed by atoms with Crippen molar-refractivity contribution >= 4 is 38.2 Å². The van der Waals surface area contributed by atoms with Crippen LogP contribution >= 0.6 is 11.3 Å². The number of aromatic nitrogens is 3. The molecule has 0 unspecified atom stereocenters. The van der Waals surface area contributed by atoms with Crippen LogP contribution in [0.15, 0.2) is 10.4 Å². The van der Waals surface area contributed by atoms with Crippen LogP contribution in [0.25, 0.3) is 0 Å². The van der Waals surface area contributed by atoms with Gasteiger partial charge in [-0.2, -0.15) is 4.31 Å². The Kier molecular flexibility index (Phi) is 6.17. The third-order valence-corrected chi connectivity index (χ3v) is 8.11. The zero-order valence-corrected chi connectivity index (χ0v) is 18.4. The molecule has 0 spiro atoms. The van der Waals surface area contributed by atoms with Crippen molar-refractivity contribution in [2.75, 3.05) is 38.0 Å². The Balaban J connectivity index is 1.61. The number of nitrogens with zero attached hydrogens (tertiary/aromatic N) is 5. The minimum Gasteiger partial charge on any atom is -0.351 e. The molecule has 2 aromatic rings. The number of aryl methyl sites for hydroxylation is 1. The lowest BCUT2D eigenvalue weighted by Gasteiger charge is -2.32. The summed E-state index contributed by atoms with van der Waals surface area (Å²) in [5.74, 6) is -0.307. The number of anilines is 1. The van der Waals surface area contributed by atoms with E-state index in [4.69, 9.17) is 0 Å². The van der Waals surface area contributed by atoms with Gasteiger partial charge in [0.25, 0.3) is 10.0 Å². The van der Waals surface area contributed by atoms with Crippen molar-refractivity contribution in [3.8, 4) is 0 Å². The second kappa shape index (κ2) is 8.30. The van der Waals surface area contributed by atoms with Crippen LogP contribution < -0.4 is 5.32 Å². The maximum absolute atomic E-state index is 12.8. The van der Waals surface area contributed by atoms with Crippen molar-refractivity contribution in [2.24, 2.45) is 7.05 Å². The summed E-state index contributed by atoms with van der Waals surface area (Å²) in [7, 11) is -1.85. The van der Waals surface area contributed by atoms with Crippen molar-refractivity contribution in [3.05, 3.63) is 23.0 Å². The number of carbonyl (C=O) groups is 2. The topological polar surface area (TPSA) is 118 Å². The average Bonchev–Trinajstić information content (AvgIpc) is 3.22. The highest BCUT2D eigenvalue weighted by Crippen LogP contribution is 2.24. The van der Waals surface area contributed by atoms with Gasteiger partial charge in [0.05, 0.1) is 6.54 Å². The molecule has 3 heterocycles. The zero-order valence-electron chi connectivity index (χ0n) is 16.8. The molecule has 0 aromatic carbocycles. The number of hydrogen-bond donors (Lipinski definition) is 1. The number of sulfonamides is 1. The number of nitrogens with one attached hydrogen (secondary N) is 1. The van der Waals surface area contributed by atoms with Crippen molar-refractivity contribution in [3.63, 3.8) is 0 Å². The number of ketones is 1. The van der Waals surface area contributed by atoms with E-state index in [1.54, 1.807) is 0 Å². The van der Waals surface area contributed by atoms with E-state index in [-0.39, 0.29) is 40.8 Å². The predicted octanol–water partition coefficient (Wildman–Crippen LogP) is 0.641. The molecule has 0 bridgehead atoms. The van der Waals surface area contributed by atoms with Gasteiger partial charge in [-0.15, -0.1) is 10.2 Å². The van der Waals surface area contributed by atoms with Crippen LogP contribution in [-0.2, 0) is 21.9 Å². The molecule has 1 N–H and O–H groups in total. The van der Waals surface area contributed by atoms with E-state index in [9.17, 15) is 18.0 Å². The second-order valence-electron chi connectivity index (χ2n) is 7.00. The lowest BCUT2D eigenvalue weighted by atomic mass is 10.1. The highest BCUT2D eigenvalue weighted by molar-refractivity contribution is 7.91. The van der Waals surface area contributed by atoms with E-state index in [0.29, 0.717) is 18.7 Å². The Bertz CT molecular complexity index is 1030. The number of amides is 1. The first-order valence-corrected chi connectivity index (χ1v) is 11.3. The van der Waals surface area contributed by atoms with Gasteiger partial charge in [0.15, 0.2) is 5.78 Å². The Hall–Kier alpha value is -2.15. The first-order chi connectivity index (χ1) is 13.6. The molecule has 0 aliphatic carbocycles. The minimum atomic E-state index is -3.78. The molecule has 1 aliphatic rings. The van der Waals surface area contributed by atoms with Crippen LogP contribution in [-0.4, -0.2) is 76.8 Å². The number of piperazine rings is 1. The predicted molar refractivity (Wildman–Crippen MR) is 109 cm³/mol. The van der Waals surface area contributed by atoms with E-state index in [2.05, 4.69) is 15.5 Å². The Morgan fingerprint density at radius 3 is 2.38 bits per heavy atom. The van der Waals surface area contributed by atoms with Gasteiger partial charge < -0.3 is 9.88 Å². The molecule has 2 aromatic heterocycles. The fourth-order valence-electron chi connectivity index (χ4n) is 3.18. The number of rotatable bonds is 6. The van der Waals surface area contributed by atoms with Gasteiger partial charge in [0, 0.05) is 57.1 Å². The molecular formula is C17H24N6O4S2. The molecular weight excluding hydrogens is 416 g/mol. The first-order valence-electron chi connectivity index (χ1n) is 9.09. The normalized spacial score (nSPS) is 16.1. The van der Waals surface area contributed by atoms with E-state index in [0.717, 1.165) is 22.7 Å². The van der Waals surface area contributed by atoms with Crippen molar-refractivity contribution in [2.45, 2.75) is 25.1 Å². The van der Waals surface area contributed by atoms with E-state index < -0.39 is 10.0 Å². The largest absolute Gasteiger partial charge is 0.351 e. The van der Waals surface area contributed by atoms with Gasteiger partial charge in [-0.05, 0) is 19.9 Å². The quantitative estimate of drug-likeness (QED) is 0.517. The van der Waals surface area contributed by atoms with Crippen molar-refractivity contribution in [1.29, 1.82) is 0 Å². The smallest absolute Gasteiger partial charge is 0.272 e. The Labute approximate surface area is 173 Å². The lowest BCUT2D eigenvalue weighted by Crippen LogP contribution is -2.49. The standard InChI is InChI=1S/C17H24N6O4S2/c1-11-9-14(12(2)21(11)4)15(25)10-22-5-7-23(8-6-22)29(26,27)17-20-19-16(28-17)18-13(3)24/h9H,5-8,10H2,1-4H3,(H,18,19,24). The summed E-state index contributed by atoms with van der Waals surface area (Å²) in [4.78, 5) is 25.7. The van der Waals surface area contributed by atoms with Gasteiger partial charge in [-0.3, -0.25) is 14.5 Å². The fourth-order valence-corrected chi connectivity index (χ4v) is 5.69. The van der Waals surface area contributed by atoms with Gasteiger partial charge in [-0.1, -0.05) is 11.3 Å². The van der Waals surface area contributed by atoms with Crippen molar-refractivity contribution in [1.82, 2.24) is 24.0 Å². The summed E-state index contributed by atoms with van der Waals surface area (Å²) >= 11 is 0.822. The average molecular weight is 441 g/mol. The third kappa shape index (κ3) is 4.55. The molecule has 12 heteroatoms. The molecule has 0 radical (unpaired) electrons. The monoisotopic (exact) mass is 440 g/mol. The van der Waals surface area contributed by atoms with Crippen LogP contribution in [0.3, 0.4) is 0 Å². The van der Waals surface area contributed by atoms with E-state index in [1.807, 2.05) is 36.4 Å². The molecule has 158 valence electrons. The van der Waals surface area contributed by atoms with E-state index >= 15 is 0 Å². The second-order valence-corrected chi connectivity index (χ2v) is 10.1. The summed E-state index contributed by atoms with van der Waals surface area (Å²) in [5.41, 5.74) is 2.66. The summed E-state index contributed by atoms with van der Waals surface area (Å²) < 4.78 is 28.7. The highest BCUT2D eigenvalue weighted by Gasteiger charge is 2.32. The zero-order chi connectivity index (χ0) is 21.3. The molecule has 1 aliphatic heterocycles. The molecule has 3 rings (SSSR count). The highest BCUT2D eigenvalue weighted by atomic mass is 32.2. The minimum absolute atomic E-state index is 0.0339. The lowest BCUT2D eigenvalue weighted by molar-refractivity contribution is -0.114. The maximum atomic E-state index is 12.8.